The quantitative estimate of drug-likeness (QED) is 0.836. The van der Waals surface area contributed by atoms with E-state index in [1.165, 1.54) is 12.1 Å². The maximum Gasteiger partial charge on any atom is 0.335 e. The minimum Gasteiger partial charge on any atom is -0.478 e. The van der Waals surface area contributed by atoms with E-state index in [9.17, 15) is 9.59 Å². The van der Waals surface area contributed by atoms with E-state index in [1.54, 1.807) is 0 Å². The molecule has 0 saturated carbocycles. The van der Waals surface area contributed by atoms with Gasteiger partial charge in [0.25, 0.3) is 0 Å². The molecular formula is C12H9Cl2NO3. The van der Waals surface area contributed by atoms with Gasteiger partial charge in [-0.2, -0.15) is 0 Å². The minimum atomic E-state index is -1.15. The van der Waals surface area contributed by atoms with Crippen molar-refractivity contribution >= 4 is 40.8 Å². The number of carboxylic acid groups (broad SMARTS) is 1. The second-order valence-corrected chi connectivity index (χ2v) is 4.19. The number of carbonyl (C=O) groups is 2. The van der Waals surface area contributed by atoms with Gasteiger partial charge >= 0.3 is 5.97 Å². The fraction of sp³-hybridized carbons (Fsp3) is 0.167. The molecule has 0 saturated heterocycles. The van der Waals surface area contributed by atoms with Crippen LogP contribution in [0.4, 0.5) is 5.69 Å². The van der Waals surface area contributed by atoms with Crippen molar-refractivity contribution in [1.82, 2.24) is 0 Å². The summed E-state index contributed by atoms with van der Waals surface area (Å²) >= 11 is 11.7. The normalized spacial score (nSPS) is 9.61. The van der Waals surface area contributed by atoms with E-state index in [4.69, 9.17) is 34.7 Å². The number of halogens is 2. The van der Waals surface area contributed by atoms with E-state index >= 15 is 0 Å². The Morgan fingerprint density at radius 1 is 1.33 bits per heavy atom. The lowest BCUT2D eigenvalue weighted by molar-refractivity contribution is -0.116. The van der Waals surface area contributed by atoms with Gasteiger partial charge in [-0.15, -0.1) is 12.3 Å². The molecule has 0 radical (unpaired) electrons. The molecule has 0 aliphatic rings. The van der Waals surface area contributed by atoms with Gasteiger partial charge in [-0.3, -0.25) is 4.79 Å². The van der Waals surface area contributed by atoms with Crippen molar-refractivity contribution in [2.75, 3.05) is 5.32 Å². The summed E-state index contributed by atoms with van der Waals surface area (Å²) in [7, 11) is 0. The Labute approximate surface area is 114 Å². The molecule has 6 heteroatoms. The van der Waals surface area contributed by atoms with Crippen molar-refractivity contribution in [2.24, 2.45) is 0 Å². The number of anilines is 1. The van der Waals surface area contributed by atoms with Gasteiger partial charge in [0.05, 0.1) is 21.3 Å². The molecule has 0 spiro atoms. The van der Waals surface area contributed by atoms with Crippen LogP contribution in [0.2, 0.25) is 10.0 Å². The zero-order chi connectivity index (χ0) is 13.7. The second kappa shape index (κ2) is 6.29. The lowest BCUT2D eigenvalue weighted by Gasteiger charge is -2.09. The number of benzene rings is 1. The molecule has 0 aromatic heterocycles. The van der Waals surface area contributed by atoms with Crippen molar-refractivity contribution in [3.63, 3.8) is 0 Å². The van der Waals surface area contributed by atoms with Gasteiger partial charge in [0.2, 0.25) is 5.91 Å². The number of hydrogen-bond acceptors (Lipinski definition) is 2. The topological polar surface area (TPSA) is 66.4 Å². The molecule has 4 nitrogen and oxygen atoms in total. The number of rotatable bonds is 4. The first-order valence-corrected chi connectivity index (χ1v) is 5.67. The van der Waals surface area contributed by atoms with Crippen LogP contribution in [0, 0.1) is 12.3 Å². The van der Waals surface area contributed by atoms with E-state index in [0.717, 1.165) is 0 Å². The third kappa shape index (κ3) is 3.66. The van der Waals surface area contributed by atoms with Crippen LogP contribution in [0.1, 0.15) is 23.2 Å². The van der Waals surface area contributed by atoms with Crippen LogP contribution in [-0.2, 0) is 4.79 Å². The molecule has 1 aromatic rings. The van der Waals surface area contributed by atoms with Crippen LogP contribution in [0.5, 0.6) is 0 Å². The van der Waals surface area contributed by atoms with Crippen LogP contribution in [0.25, 0.3) is 0 Å². The van der Waals surface area contributed by atoms with Crippen molar-refractivity contribution in [3.05, 3.63) is 27.7 Å². The number of hydrogen-bond donors (Lipinski definition) is 2. The molecule has 94 valence electrons. The van der Waals surface area contributed by atoms with E-state index in [-0.39, 0.29) is 33.6 Å². The predicted octanol–water partition coefficient (Wildman–Crippen LogP) is 3.04. The molecule has 0 unspecified atom stereocenters. The molecule has 2 N–H and O–H groups in total. The van der Waals surface area contributed by atoms with Crippen LogP contribution in [0.3, 0.4) is 0 Å². The fourth-order valence-electron chi connectivity index (χ4n) is 1.20. The zero-order valence-electron chi connectivity index (χ0n) is 9.17. The zero-order valence-corrected chi connectivity index (χ0v) is 10.7. The molecule has 0 atom stereocenters. The number of carbonyl (C=O) groups excluding carboxylic acids is 1. The standard InChI is InChI=1S/C12H9Cl2NO3/c1-2-3-4-10(16)15-11-8(13)5-7(12(17)18)6-9(11)14/h1,5-6H,3-4H2,(H,15,16)(H,17,18). The smallest absolute Gasteiger partial charge is 0.335 e. The van der Waals surface area contributed by atoms with Crippen LogP contribution >= 0.6 is 23.2 Å². The number of nitrogens with one attached hydrogen (secondary N) is 1. The fourth-order valence-corrected chi connectivity index (χ4v) is 1.79. The van der Waals surface area contributed by atoms with Gasteiger partial charge in [0.1, 0.15) is 0 Å². The molecule has 0 bridgehead atoms. The van der Waals surface area contributed by atoms with Crippen molar-refractivity contribution in [2.45, 2.75) is 12.8 Å². The first-order valence-electron chi connectivity index (χ1n) is 4.91. The van der Waals surface area contributed by atoms with Crippen molar-refractivity contribution in [3.8, 4) is 12.3 Å². The van der Waals surface area contributed by atoms with Crippen molar-refractivity contribution in [1.29, 1.82) is 0 Å². The Hall–Kier alpha value is -1.70. The molecule has 0 aliphatic carbocycles. The average molecular weight is 286 g/mol. The van der Waals surface area contributed by atoms with Gasteiger partial charge < -0.3 is 10.4 Å². The summed E-state index contributed by atoms with van der Waals surface area (Å²) in [6, 6.07) is 2.43. The Morgan fingerprint density at radius 3 is 2.33 bits per heavy atom. The summed E-state index contributed by atoms with van der Waals surface area (Å²) in [5.74, 6) is 0.851. The first-order chi connectivity index (χ1) is 8.45. The lowest BCUT2D eigenvalue weighted by Crippen LogP contribution is -2.12. The maximum absolute atomic E-state index is 11.5. The summed E-state index contributed by atoms with van der Waals surface area (Å²) in [6.45, 7) is 0. The van der Waals surface area contributed by atoms with E-state index in [2.05, 4.69) is 11.2 Å². The summed E-state index contributed by atoms with van der Waals surface area (Å²) in [5.41, 5.74) is 0.136. The number of terminal acetylenes is 1. The Morgan fingerprint density at radius 2 is 1.89 bits per heavy atom. The third-order valence-electron chi connectivity index (χ3n) is 2.05. The molecule has 0 aliphatic heterocycles. The summed E-state index contributed by atoms with van der Waals surface area (Å²) in [4.78, 5) is 22.2. The Bertz CT molecular complexity index is 512. The first kappa shape index (κ1) is 14.4. The molecule has 1 aromatic carbocycles. The molecule has 0 heterocycles. The number of amides is 1. The van der Waals surface area contributed by atoms with E-state index in [0.29, 0.717) is 6.42 Å². The summed E-state index contributed by atoms with van der Waals surface area (Å²) < 4.78 is 0. The maximum atomic E-state index is 11.5. The highest BCUT2D eigenvalue weighted by molar-refractivity contribution is 6.40. The monoisotopic (exact) mass is 285 g/mol. The van der Waals surface area contributed by atoms with E-state index in [1.807, 2.05) is 0 Å². The molecule has 1 rings (SSSR count). The Balaban J connectivity index is 2.94. The van der Waals surface area contributed by atoms with Gasteiger partial charge in [-0.25, -0.2) is 4.79 Å². The molecule has 18 heavy (non-hydrogen) atoms. The highest BCUT2D eigenvalue weighted by Crippen LogP contribution is 2.32. The largest absolute Gasteiger partial charge is 0.478 e. The van der Waals surface area contributed by atoms with Crippen LogP contribution in [0.15, 0.2) is 12.1 Å². The van der Waals surface area contributed by atoms with E-state index < -0.39 is 5.97 Å². The van der Waals surface area contributed by atoms with Crippen LogP contribution < -0.4 is 5.32 Å². The number of aromatic carboxylic acids is 1. The highest BCUT2D eigenvalue weighted by atomic mass is 35.5. The van der Waals surface area contributed by atoms with Gasteiger partial charge in [-0.1, -0.05) is 23.2 Å². The molecular weight excluding hydrogens is 277 g/mol. The third-order valence-corrected chi connectivity index (χ3v) is 2.65. The van der Waals surface area contributed by atoms with Crippen molar-refractivity contribution < 1.29 is 14.7 Å². The summed E-state index contributed by atoms with van der Waals surface area (Å²) in [5, 5.41) is 11.4. The predicted molar refractivity (Wildman–Crippen MR) is 70.1 cm³/mol. The van der Waals surface area contributed by atoms with Gasteiger partial charge in [0, 0.05) is 12.8 Å². The van der Waals surface area contributed by atoms with Gasteiger partial charge in [0.15, 0.2) is 0 Å². The minimum absolute atomic E-state index is 0.0494. The lowest BCUT2D eigenvalue weighted by atomic mass is 10.2. The van der Waals surface area contributed by atoms with Crippen LogP contribution in [-0.4, -0.2) is 17.0 Å². The molecule has 1 amide bonds. The second-order valence-electron chi connectivity index (χ2n) is 3.37. The SMILES string of the molecule is C#CCCC(=O)Nc1c(Cl)cc(C(=O)O)cc1Cl. The average Bonchev–Trinajstić information content (AvgIpc) is 2.30. The Kier molecular flexibility index (Phi) is 5.02. The molecule has 0 fully saturated rings. The summed E-state index contributed by atoms with van der Waals surface area (Å²) in [6.07, 6.45) is 5.48. The number of carboxylic acids is 1. The van der Waals surface area contributed by atoms with Gasteiger partial charge in [-0.05, 0) is 12.1 Å². The highest BCUT2D eigenvalue weighted by Gasteiger charge is 2.14.